The number of aromatic nitrogens is 1. The molecule has 0 spiro atoms. The van der Waals surface area contributed by atoms with Gasteiger partial charge in [-0.2, -0.15) is 14.8 Å². The number of nitrogens with one attached hydrogen (secondary N) is 4. The molecule has 0 saturated carbocycles. The molecule has 23 nitrogen and oxygen atoms in total. The standard InChI is InChI=1S/C39H59F2N7O6.C9H9FO4S.C8H17NO2.C6H12O2.C3H5O.U/c1-5-8-9-21-47(20-6-2)26-35(50)44-18-17-43-34(49)13-11-30(28(4)7-3)37(52)45-19-23-54-29-10-12-33-32(24-29)31(14-16-42-33)38(53)46-25-36(51)48-22-15-39(40,41)27-48;1-7(11)6-8-2-4-9(5-3-8)14-15(10,12)13;1-3-5-9(6-4-2)7-8(10)11;1-3-5(2)4-6(7)8;1-2-3-4;/h10,12,14,16,24,28,30H,5-9,11,13,15,17-23,25-27H2,1-4H3,(H,43,49)(H,44,50)(H,45,52)(H,46,53);2-5H,6H2,1H3;3-7H2,1-2H3,(H,10,11);5H,3-4H2,1-2H3,(H,7,8);2H2,1H3;/q;;;;-1;. The largest absolute Gasteiger partial charge is 0.542 e. The van der Waals surface area contributed by atoms with Gasteiger partial charge in [0.15, 0.2) is 0 Å². The van der Waals surface area contributed by atoms with Crippen molar-refractivity contribution in [1.82, 2.24) is 41.0 Å². The number of rotatable bonds is 38. The van der Waals surface area contributed by atoms with E-state index in [1.54, 1.807) is 31.4 Å². The molecule has 3 atom stereocenters. The van der Waals surface area contributed by atoms with Crippen molar-refractivity contribution in [2.75, 3.05) is 85.1 Å². The summed E-state index contributed by atoms with van der Waals surface area (Å²) in [5, 5.41) is 28.3. The summed E-state index contributed by atoms with van der Waals surface area (Å²) in [6.07, 6.45) is 12.5. The molecule has 0 bridgehead atoms. The van der Waals surface area contributed by atoms with Gasteiger partial charge in [0.1, 0.15) is 23.9 Å². The monoisotopic (exact) mass is 1560 g/mol. The minimum atomic E-state index is -4.98. The summed E-state index contributed by atoms with van der Waals surface area (Å²) in [5.74, 6) is -5.57. The van der Waals surface area contributed by atoms with Crippen molar-refractivity contribution < 1.29 is 114 Å². The second-order valence-corrected chi connectivity index (χ2v) is 23.2. The van der Waals surface area contributed by atoms with Gasteiger partial charge in [-0.25, -0.2) is 8.78 Å². The number of nitrogens with zero attached hydrogens (tertiary/aromatic N) is 4. The van der Waals surface area contributed by atoms with Gasteiger partial charge in [0.05, 0.1) is 43.8 Å². The van der Waals surface area contributed by atoms with Crippen LogP contribution >= 0.6 is 0 Å². The molecule has 0 radical (unpaired) electrons. The summed E-state index contributed by atoms with van der Waals surface area (Å²) in [6, 6.07) is 12.1. The van der Waals surface area contributed by atoms with Crippen LogP contribution in [0.2, 0.25) is 0 Å². The van der Waals surface area contributed by atoms with Crippen LogP contribution < -0.4 is 30.2 Å². The topological polar surface area (TPSA) is 317 Å². The minimum Gasteiger partial charge on any atom is -0.542 e. The Morgan fingerprint density at radius 3 is 1.84 bits per heavy atom. The van der Waals surface area contributed by atoms with Crippen LogP contribution in [0, 0.1) is 48.9 Å². The number of aliphatic carboxylic acids is 2. The maximum Gasteiger partial charge on any atom is 0.488 e. The fraction of sp³-hybridized carbons (Fsp3) is 0.631. The van der Waals surface area contributed by atoms with E-state index in [1.807, 2.05) is 32.6 Å². The molecule has 2 heterocycles. The molecule has 5 amide bonds. The number of benzene rings is 2. The van der Waals surface area contributed by atoms with Crippen LogP contribution in [0.25, 0.3) is 10.9 Å². The van der Waals surface area contributed by atoms with Crippen LogP contribution in [-0.4, -0.2) is 183 Å². The quantitative estimate of drug-likeness (QED) is 0.0178. The fourth-order valence-electron chi connectivity index (χ4n) is 8.97. The van der Waals surface area contributed by atoms with Crippen LogP contribution in [0.1, 0.15) is 169 Å². The van der Waals surface area contributed by atoms with Crippen LogP contribution in [0.3, 0.4) is 0 Å². The molecule has 4 rings (SSSR count). The molecular weight excluding hydrogens is 1460 g/mol. The van der Waals surface area contributed by atoms with E-state index in [0.717, 1.165) is 82.4 Å². The van der Waals surface area contributed by atoms with E-state index in [-0.39, 0.29) is 117 Å². The van der Waals surface area contributed by atoms with Gasteiger partial charge < -0.3 is 50.1 Å². The smallest absolute Gasteiger partial charge is 0.488 e. The molecule has 28 heteroatoms. The second kappa shape index (κ2) is 51.2. The molecule has 3 aromatic rings. The number of carboxylic acid groups (broad SMARTS) is 2. The van der Waals surface area contributed by atoms with Gasteiger partial charge in [0, 0.05) is 93.9 Å². The van der Waals surface area contributed by atoms with Crippen molar-refractivity contribution in [2.24, 2.45) is 17.8 Å². The predicted molar refractivity (Wildman–Crippen MR) is 347 cm³/mol. The summed E-state index contributed by atoms with van der Waals surface area (Å²) < 4.78 is 69.2. The van der Waals surface area contributed by atoms with Crippen LogP contribution in [0.4, 0.5) is 12.7 Å². The van der Waals surface area contributed by atoms with E-state index >= 15 is 0 Å². The van der Waals surface area contributed by atoms with E-state index in [9.17, 15) is 59.4 Å². The van der Waals surface area contributed by atoms with E-state index in [2.05, 4.69) is 63.0 Å². The number of carboxylic acids is 2. The molecule has 1 fully saturated rings. The van der Waals surface area contributed by atoms with Gasteiger partial charge in [-0.1, -0.05) is 104 Å². The summed E-state index contributed by atoms with van der Waals surface area (Å²) >= 11 is 0. The third-order valence-electron chi connectivity index (χ3n) is 14.0. The summed E-state index contributed by atoms with van der Waals surface area (Å²) in [4.78, 5) is 113. The molecule has 1 saturated heterocycles. The molecule has 1 aliphatic heterocycles. The Labute approximate surface area is 572 Å². The molecule has 524 valence electrons. The van der Waals surface area contributed by atoms with Gasteiger partial charge in [-0.15, -0.1) is 0 Å². The van der Waals surface area contributed by atoms with Crippen molar-refractivity contribution in [3.05, 3.63) is 65.9 Å². The summed E-state index contributed by atoms with van der Waals surface area (Å²) in [6.45, 7) is 23.4. The maximum absolute atomic E-state index is 13.5. The van der Waals surface area contributed by atoms with Crippen molar-refractivity contribution >= 4 is 75.0 Å². The Balaban J connectivity index is 0. The van der Waals surface area contributed by atoms with E-state index in [1.165, 1.54) is 43.5 Å². The van der Waals surface area contributed by atoms with Crippen molar-refractivity contribution in [2.45, 2.75) is 165 Å². The first-order valence-electron chi connectivity index (χ1n) is 31.7. The molecule has 93 heavy (non-hydrogen) atoms. The molecule has 1 aliphatic rings. The third kappa shape index (κ3) is 43.4. The Kier molecular flexibility index (Phi) is 48.9. The van der Waals surface area contributed by atoms with Crippen LogP contribution in [0.15, 0.2) is 54.7 Å². The van der Waals surface area contributed by atoms with E-state index in [0.29, 0.717) is 67.0 Å². The number of likely N-dealkylation sites (tertiary alicyclic amines) is 1. The predicted octanol–water partition coefficient (Wildman–Crippen LogP) is 8.52. The van der Waals surface area contributed by atoms with E-state index < -0.39 is 59.7 Å². The number of carbonyl (C=O) groups excluding carboxylic acids is 7. The number of carbonyl (C=O) groups is 8. The maximum atomic E-state index is 13.5. The second-order valence-electron chi connectivity index (χ2n) is 22.3. The average Bonchev–Trinajstić information content (AvgIpc) is 1.11. The number of amides is 5. The minimum absolute atomic E-state index is 0. The van der Waals surface area contributed by atoms with Crippen LogP contribution in [-0.2, 0) is 55.3 Å². The van der Waals surface area contributed by atoms with Gasteiger partial charge in [-0.05, 0) is 119 Å². The first-order valence-corrected chi connectivity index (χ1v) is 33.0. The number of hydrogen-bond donors (Lipinski definition) is 6. The molecular formula is C65H102F3N8O15SU-. The number of fused-ring (bicyclic) bond motifs is 1. The first kappa shape index (κ1) is 88.9. The van der Waals surface area contributed by atoms with E-state index in [4.69, 9.17) is 19.7 Å². The zero-order valence-electron chi connectivity index (χ0n) is 56.1. The van der Waals surface area contributed by atoms with Crippen LogP contribution in [0.5, 0.6) is 11.5 Å². The Morgan fingerprint density at radius 1 is 0.753 bits per heavy atom. The number of Topliss-reactive ketones (excluding diaryl/α,β-unsaturated/α-hetero) is 1. The van der Waals surface area contributed by atoms with Gasteiger partial charge in [-0.3, -0.25) is 59.4 Å². The molecule has 1 aromatic heterocycles. The zero-order valence-corrected chi connectivity index (χ0v) is 61.0. The van der Waals surface area contributed by atoms with Crippen molar-refractivity contribution in [3.63, 3.8) is 0 Å². The van der Waals surface area contributed by atoms with Crippen molar-refractivity contribution in [1.29, 1.82) is 0 Å². The fourth-order valence-corrected chi connectivity index (χ4v) is 9.31. The zero-order chi connectivity index (χ0) is 69.7. The number of unbranched alkanes of at least 4 members (excludes halogenated alkanes) is 2. The SMILES string of the molecule is CC(=O)Cc1ccc(OS(=O)(=O)F)cc1.CCC(C)CC(=O)O.CCCCCN(CCC)CC(=O)NCCNC(=O)CCC(C(=O)NCCOc1ccc2nccc(C(=O)NCC(=O)N3CCC(F)(F)C3)c2c1)C(C)CC.CCCN(CCC)CC(=O)O.CC[C-]=O.[U]. The molecule has 0 aliphatic carbocycles. The summed E-state index contributed by atoms with van der Waals surface area (Å²) in [7, 11) is -4.98. The third-order valence-corrected chi connectivity index (χ3v) is 14.4. The number of ketones is 1. The number of pyridine rings is 1. The Bertz CT molecular complexity index is 2800. The normalized spacial score (nSPS) is 13.0. The van der Waals surface area contributed by atoms with Crippen molar-refractivity contribution in [3.8, 4) is 11.5 Å². The number of hydrogen-bond acceptors (Lipinski definition) is 16. The molecule has 2 aromatic carbocycles. The van der Waals surface area contributed by atoms with Gasteiger partial charge >= 0.3 is 22.4 Å². The summed E-state index contributed by atoms with van der Waals surface area (Å²) in [5.41, 5.74) is 1.48. The molecule has 3 unspecified atom stereocenters. The number of ether oxygens (including phenoxy) is 1. The average molecular weight is 1560 g/mol. The Morgan fingerprint density at radius 2 is 1.34 bits per heavy atom. The Hall–Kier alpha value is -6.21. The number of alkyl halides is 2. The molecule has 6 N–H and O–H groups in total. The van der Waals surface area contributed by atoms with Gasteiger partial charge in [0.2, 0.25) is 23.6 Å². The first-order chi connectivity index (χ1) is 43.5. The van der Waals surface area contributed by atoms with Gasteiger partial charge in [0.25, 0.3) is 11.8 Å². The number of halogens is 3.